The first-order valence-corrected chi connectivity index (χ1v) is 5.83. The van der Waals surface area contributed by atoms with Crippen LogP contribution in [0.3, 0.4) is 0 Å². The summed E-state index contributed by atoms with van der Waals surface area (Å²) in [7, 11) is 0. The van der Waals surface area contributed by atoms with E-state index >= 15 is 0 Å². The van der Waals surface area contributed by atoms with Crippen LogP contribution in [0.4, 0.5) is 0 Å². The Balaban J connectivity index is 2.84. The molecule has 0 aliphatic heterocycles. The van der Waals surface area contributed by atoms with E-state index in [2.05, 4.69) is 10.1 Å². The molecule has 0 aliphatic carbocycles. The number of carboxylic acid groups (broad SMARTS) is 1. The van der Waals surface area contributed by atoms with E-state index in [4.69, 9.17) is 5.11 Å². The van der Waals surface area contributed by atoms with Gasteiger partial charge in [-0.15, -0.1) is 0 Å². The highest BCUT2D eigenvalue weighted by Gasteiger charge is 2.27. The van der Waals surface area contributed by atoms with Crippen LogP contribution in [0, 0.1) is 0 Å². The molecule has 7 heteroatoms. The fourth-order valence-corrected chi connectivity index (χ4v) is 1.59. The third-order valence-corrected chi connectivity index (χ3v) is 2.90. The predicted molar refractivity (Wildman–Crippen MR) is 63.8 cm³/mol. The molecule has 18 heavy (non-hydrogen) atoms. The number of hydrogen-bond acceptors (Lipinski definition) is 4. The molecule has 0 bridgehead atoms. The molecule has 0 fully saturated rings. The molecular formula is C11H18N4O3. The van der Waals surface area contributed by atoms with Crippen molar-refractivity contribution < 1.29 is 14.7 Å². The topological polar surface area (TPSA) is 88.3 Å². The summed E-state index contributed by atoms with van der Waals surface area (Å²) in [5.74, 6) is -1.29. The lowest BCUT2D eigenvalue weighted by molar-refractivity contribution is -0.147. The van der Waals surface area contributed by atoms with Crippen molar-refractivity contribution in [1.29, 1.82) is 0 Å². The second-order valence-corrected chi connectivity index (χ2v) is 4.17. The summed E-state index contributed by atoms with van der Waals surface area (Å²) in [4.78, 5) is 28.2. The largest absolute Gasteiger partial charge is 0.480 e. The molecule has 0 saturated heterocycles. The molecule has 2 unspecified atom stereocenters. The van der Waals surface area contributed by atoms with Crippen LogP contribution >= 0.6 is 0 Å². The first kappa shape index (κ1) is 14.1. The van der Waals surface area contributed by atoms with Gasteiger partial charge in [0.25, 0.3) is 0 Å². The molecule has 0 aliphatic rings. The van der Waals surface area contributed by atoms with Crippen molar-refractivity contribution in [1.82, 2.24) is 19.7 Å². The zero-order valence-corrected chi connectivity index (χ0v) is 10.8. The Hall–Kier alpha value is -1.92. The fraction of sp³-hybridized carbons (Fsp3) is 0.636. The Morgan fingerprint density at radius 1 is 1.44 bits per heavy atom. The molecule has 1 amide bonds. The standard InChI is InChI=1S/C11H18N4O3/c1-4-8(2)14(5-10(16)17)11(18)9(3)15-7-12-6-13-15/h6-9H,4-5H2,1-3H3,(H,16,17). The van der Waals surface area contributed by atoms with Gasteiger partial charge in [0.2, 0.25) is 5.91 Å². The molecule has 0 radical (unpaired) electrons. The van der Waals surface area contributed by atoms with E-state index in [1.165, 1.54) is 22.2 Å². The first-order valence-electron chi connectivity index (χ1n) is 5.83. The van der Waals surface area contributed by atoms with Gasteiger partial charge >= 0.3 is 5.97 Å². The van der Waals surface area contributed by atoms with Gasteiger partial charge in [-0.1, -0.05) is 6.92 Å². The van der Waals surface area contributed by atoms with Crippen LogP contribution in [0.2, 0.25) is 0 Å². The van der Waals surface area contributed by atoms with Crippen LogP contribution in [-0.2, 0) is 9.59 Å². The molecule has 2 atom stereocenters. The predicted octanol–water partition coefficient (Wildman–Crippen LogP) is 0.551. The SMILES string of the molecule is CCC(C)N(CC(=O)O)C(=O)C(C)n1cncn1. The maximum Gasteiger partial charge on any atom is 0.323 e. The summed E-state index contributed by atoms with van der Waals surface area (Å²) in [6, 6.07) is -0.680. The lowest BCUT2D eigenvalue weighted by Gasteiger charge is -2.29. The number of rotatable bonds is 6. The van der Waals surface area contributed by atoms with E-state index in [1.54, 1.807) is 6.92 Å². The van der Waals surface area contributed by atoms with E-state index in [1.807, 2.05) is 13.8 Å². The Kier molecular flexibility index (Phi) is 4.82. The highest BCUT2D eigenvalue weighted by atomic mass is 16.4. The van der Waals surface area contributed by atoms with Crippen LogP contribution in [0.1, 0.15) is 33.2 Å². The van der Waals surface area contributed by atoms with Crippen molar-refractivity contribution in [3.63, 3.8) is 0 Å². The van der Waals surface area contributed by atoms with Gasteiger partial charge < -0.3 is 10.0 Å². The van der Waals surface area contributed by atoms with E-state index in [0.29, 0.717) is 6.42 Å². The molecule has 1 aromatic rings. The second-order valence-electron chi connectivity index (χ2n) is 4.17. The van der Waals surface area contributed by atoms with Gasteiger partial charge in [0.05, 0.1) is 0 Å². The Morgan fingerprint density at radius 3 is 2.56 bits per heavy atom. The molecule has 1 aromatic heterocycles. The number of carbonyl (C=O) groups excluding carboxylic acids is 1. The number of nitrogens with zero attached hydrogens (tertiary/aromatic N) is 4. The van der Waals surface area contributed by atoms with E-state index in [9.17, 15) is 9.59 Å². The second kappa shape index (κ2) is 6.13. The van der Waals surface area contributed by atoms with Crippen molar-refractivity contribution in [2.24, 2.45) is 0 Å². The number of carbonyl (C=O) groups is 2. The third-order valence-electron chi connectivity index (χ3n) is 2.90. The van der Waals surface area contributed by atoms with Crippen molar-refractivity contribution in [3.05, 3.63) is 12.7 Å². The molecule has 7 nitrogen and oxygen atoms in total. The fourth-order valence-electron chi connectivity index (χ4n) is 1.59. The number of carboxylic acids is 1. The molecule has 0 spiro atoms. The molecule has 1 heterocycles. The normalized spacial score (nSPS) is 13.9. The molecule has 0 aromatic carbocycles. The molecule has 1 rings (SSSR count). The maximum absolute atomic E-state index is 12.3. The average Bonchev–Trinajstić information content (AvgIpc) is 2.86. The molecule has 100 valence electrons. The van der Waals surface area contributed by atoms with Crippen LogP contribution in [0.25, 0.3) is 0 Å². The van der Waals surface area contributed by atoms with Crippen molar-refractivity contribution >= 4 is 11.9 Å². The minimum atomic E-state index is -1.02. The van der Waals surface area contributed by atoms with Crippen LogP contribution in [-0.4, -0.2) is 49.2 Å². The highest BCUT2D eigenvalue weighted by Crippen LogP contribution is 2.12. The monoisotopic (exact) mass is 254 g/mol. The van der Waals surface area contributed by atoms with Crippen molar-refractivity contribution in [2.75, 3.05) is 6.54 Å². The summed E-state index contributed by atoms with van der Waals surface area (Å²) < 4.78 is 1.42. The van der Waals surface area contributed by atoms with Gasteiger partial charge in [0, 0.05) is 6.04 Å². The van der Waals surface area contributed by atoms with Gasteiger partial charge in [0.1, 0.15) is 25.2 Å². The smallest absolute Gasteiger partial charge is 0.323 e. The highest BCUT2D eigenvalue weighted by molar-refractivity contribution is 5.84. The summed E-state index contributed by atoms with van der Waals surface area (Å²) in [5, 5.41) is 12.8. The Bertz CT molecular complexity index is 404. The van der Waals surface area contributed by atoms with Gasteiger partial charge in [-0.2, -0.15) is 5.10 Å². The summed E-state index contributed by atoms with van der Waals surface area (Å²) in [6.07, 6.45) is 3.48. The van der Waals surface area contributed by atoms with Gasteiger partial charge in [-0.05, 0) is 20.3 Å². The average molecular weight is 254 g/mol. The Labute approximate surface area is 105 Å². The zero-order chi connectivity index (χ0) is 13.7. The third kappa shape index (κ3) is 3.28. The molecular weight excluding hydrogens is 236 g/mol. The van der Waals surface area contributed by atoms with Crippen LogP contribution < -0.4 is 0 Å². The lowest BCUT2D eigenvalue weighted by atomic mass is 10.2. The van der Waals surface area contributed by atoms with E-state index < -0.39 is 12.0 Å². The van der Waals surface area contributed by atoms with Crippen molar-refractivity contribution in [2.45, 2.75) is 39.3 Å². The lowest BCUT2D eigenvalue weighted by Crippen LogP contribution is -2.44. The quantitative estimate of drug-likeness (QED) is 0.801. The number of aromatic nitrogens is 3. The zero-order valence-electron chi connectivity index (χ0n) is 10.8. The first-order chi connectivity index (χ1) is 8.47. The van der Waals surface area contributed by atoms with Gasteiger partial charge in [-0.25, -0.2) is 9.67 Å². The van der Waals surface area contributed by atoms with Crippen molar-refractivity contribution in [3.8, 4) is 0 Å². The summed E-state index contributed by atoms with van der Waals surface area (Å²) >= 11 is 0. The summed E-state index contributed by atoms with van der Waals surface area (Å²) in [5.41, 5.74) is 0. The number of hydrogen-bond donors (Lipinski definition) is 1. The molecule has 1 N–H and O–H groups in total. The maximum atomic E-state index is 12.3. The van der Waals surface area contributed by atoms with E-state index in [-0.39, 0.29) is 18.5 Å². The van der Waals surface area contributed by atoms with Gasteiger partial charge in [-0.3, -0.25) is 9.59 Å². The molecule has 0 saturated carbocycles. The Morgan fingerprint density at radius 2 is 2.11 bits per heavy atom. The van der Waals surface area contributed by atoms with Gasteiger partial charge in [0.15, 0.2) is 0 Å². The van der Waals surface area contributed by atoms with Crippen LogP contribution in [0.15, 0.2) is 12.7 Å². The minimum Gasteiger partial charge on any atom is -0.480 e. The number of amides is 1. The van der Waals surface area contributed by atoms with Crippen LogP contribution in [0.5, 0.6) is 0 Å². The van der Waals surface area contributed by atoms with E-state index in [0.717, 1.165) is 0 Å². The number of aliphatic carboxylic acids is 1. The minimum absolute atomic E-state index is 0.125. The summed E-state index contributed by atoms with van der Waals surface area (Å²) in [6.45, 7) is 5.11.